The zero-order valence-corrected chi connectivity index (χ0v) is 27.6. The molecule has 10 aromatic rings. The van der Waals surface area contributed by atoms with Gasteiger partial charge in [0.2, 0.25) is 0 Å². The van der Waals surface area contributed by atoms with Crippen LogP contribution in [0, 0.1) is 0 Å². The van der Waals surface area contributed by atoms with Crippen LogP contribution in [-0.4, -0.2) is 0 Å². The molecule has 0 spiro atoms. The monoisotopic (exact) mass is 674 g/mol. The van der Waals surface area contributed by atoms with Gasteiger partial charge in [-0.25, -0.2) is 0 Å². The van der Waals surface area contributed by atoms with Crippen LogP contribution in [0.25, 0.3) is 76.9 Å². The second kappa shape index (κ2) is 12.5. The number of hydrogen-bond donors (Lipinski definition) is 0. The second-order valence-electron chi connectivity index (χ2n) is 12.5. The molecule has 0 saturated carbocycles. The van der Waals surface area contributed by atoms with Gasteiger partial charge in [-0.1, -0.05) is 158 Å². The van der Waals surface area contributed by atoms with Crippen molar-refractivity contribution in [1.82, 2.24) is 0 Å². The highest BCUT2D eigenvalue weighted by Crippen LogP contribution is 2.43. The van der Waals surface area contributed by atoms with Crippen molar-refractivity contribution in [1.29, 1.82) is 0 Å². The van der Waals surface area contributed by atoms with E-state index in [1.807, 2.05) is 103 Å². The summed E-state index contributed by atoms with van der Waals surface area (Å²) in [4.78, 5) is 1.27. The molecule has 0 amide bonds. The Hall–Kier alpha value is -6.90. The average molecular weight is 675 g/mol. The van der Waals surface area contributed by atoms with Crippen molar-refractivity contribution >= 4 is 60.5 Å². The molecule has 0 aliphatic heterocycles. The first-order valence-corrected chi connectivity index (χ1v) is 16.9. The Balaban J connectivity index is 1.25. The van der Waals surface area contributed by atoms with Crippen LogP contribution < -0.4 is 4.90 Å². The molecule has 0 unspecified atom stereocenters. The van der Waals surface area contributed by atoms with E-state index in [2.05, 4.69) is 0 Å². The molecule has 52 heavy (non-hydrogen) atoms. The van der Waals surface area contributed by atoms with Crippen molar-refractivity contribution in [3.8, 4) is 33.4 Å². The van der Waals surface area contributed by atoms with E-state index in [-0.39, 0.29) is 45.5 Å². The highest BCUT2D eigenvalue weighted by atomic mass is 16.3. The maximum atomic E-state index is 9.60. The summed E-state index contributed by atoms with van der Waals surface area (Å²) >= 11 is 0. The molecule has 0 aliphatic carbocycles. The Bertz CT molecular complexity index is 3500. The molecular weight excluding hydrogens is 631 g/mol. The van der Waals surface area contributed by atoms with Crippen LogP contribution in [-0.2, 0) is 0 Å². The van der Waals surface area contributed by atoms with Gasteiger partial charge < -0.3 is 9.32 Å². The first kappa shape index (κ1) is 20.7. The van der Waals surface area contributed by atoms with Crippen molar-refractivity contribution in [2.45, 2.75) is 0 Å². The van der Waals surface area contributed by atoms with Crippen molar-refractivity contribution in [2.75, 3.05) is 4.90 Å². The van der Waals surface area contributed by atoms with Crippen molar-refractivity contribution in [3.05, 3.63) is 200 Å². The first-order chi connectivity index (χ1) is 30.4. The largest absolute Gasteiger partial charge is 0.455 e. The highest BCUT2D eigenvalue weighted by Gasteiger charge is 2.19. The van der Waals surface area contributed by atoms with Gasteiger partial charge in [-0.05, 0) is 86.5 Å². The number of furan rings is 1. The standard InChI is InChI=1S/C50H33NO/c1-2-11-34(12-3-1)35-23-25-36(26-24-35)37-27-30-41(31-28-37)51(47-21-9-15-38-13-4-6-18-43(38)47)42-17-8-16-40(33-42)44-20-10-22-48-49(44)46-32-29-39-14-5-7-19-45(39)50(46)52-48/h1-33H/i4D,6D,9D,13D,15D,18D,21D,27D,28D,30D,31D. The lowest BCUT2D eigenvalue weighted by atomic mass is 9.97. The zero-order valence-electron chi connectivity index (χ0n) is 38.6. The molecule has 1 heterocycles. The molecular formula is C50H33NO. The minimum atomic E-state index is -0.643. The molecule has 0 aliphatic rings. The van der Waals surface area contributed by atoms with E-state index in [9.17, 15) is 6.85 Å². The van der Waals surface area contributed by atoms with E-state index in [1.165, 1.54) is 4.90 Å². The van der Waals surface area contributed by atoms with Gasteiger partial charge in [0.05, 0.1) is 20.8 Å². The molecule has 0 N–H and O–H groups in total. The quantitative estimate of drug-likeness (QED) is 0.175. The van der Waals surface area contributed by atoms with Crippen molar-refractivity contribution < 1.29 is 19.5 Å². The summed E-state index contributed by atoms with van der Waals surface area (Å²) in [5.74, 6) is 0. The number of nitrogens with zero attached hydrogens (tertiary/aromatic N) is 1. The molecule has 0 bridgehead atoms. The molecule has 9 aromatic carbocycles. The number of fused-ring (bicyclic) bond motifs is 6. The SMILES string of the molecule is [2H]c1c([2H])c(N(c2cccc(-c3cccc4oc5c6ccccc6ccc5c34)c2)c2c([2H])c([2H])c([2H])c3c([2H])c([2H])c([2H])c([2H])c23)c([2H])c([2H])c1-c1ccc(-c2ccccc2)cc1. The summed E-state index contributed by atoms with van der Waals surface area (Å²) in [6.07, 6.45) is 0. The van der Waals surface area contributed by atoms with Crippen LogP contribution in [0.15, 0.2) is 204 Å². The molecule has 0 fully saturated rings. The molecule has 244 valence electrons. The Labute approximate surface area is 317 Å². The van der Waals surface area contributed by atoms with Gasteiger partial charge in [-0.2, -0.15) is 0 Å². The maximum Gasteiger partial charge on any atom is 0.143 e. The van der Waals surface area contributed by atoms with Gasteiger partial charge in [0.15, 0.2) is 0 Å². The molecule has 10 rings (SSSR count). The van der Waals surface area contributed by atoms with Crippen LogP contribution >= 0.6 is 0 Å². The second-order valence-corrected chi connectivity index (χ2v) is 12.5. The van der Waals surface area contributed by atoms with Crippen LogP contribution in [0.1, 0.15) is 15.1 Å². The number of hydrogen-bond acceptors (Lipinski definition) is 2. The van der Waals surface area contributed by atoms with Gasteiger partial charge in [-0.15, -0.1) is 0 Å². The molecule has 0 radical (unpaired) electrons. The molecule has 0 atom stereocenters. The van der Waals surface area contributed by atoms with E-state index in [0.29, 0.717) is 22.3 Å². The van der Waals surface area contributed by atoms with E-state index in [4.69, 9.17) is 12.6 Å². The lowest BCUT2D eigenvalue weighted by Gasteiger charge is -2.27. The third-order valence-electron chi connectivity index (χ3n) is 9.43. The normalized spacial score (nSPS) is 14.4. The predicted molar refractivity (Wildman–Crippen MR) is 220 cm³/mol. The Morgan fingerprint density at radius 1 is 0.423 bits per heavy atom. The summed E-state index contributed by atoms with van der Waals surface area (Å²) in [6.45, 7) is 0. The fourth-order valence-electron chi connectivity index (χ4n) is 6.97. The number of rotatable bonds is 6. The summed E-state index contributed by atoms with van der Waals surface area (Å²) in [6, 6.07) is 35.5. The molecule has 1 aromatic heterocycles. The minimum Gasteiger partial charge on any atom is -0.455 e. The van der Waals surface area contributed by atoms with Gasteiger partial charge >= 0.3 is 0 Å². The van der Waals surface area contributed by atoms with Crippen molar-refractivity contribution in [2.24, 2.45) is 0 Å². The van der Waals surface area contributed by atoms with Crippen LogP contribution in [0.5, 0.6) is 0 Å². The molecule has 0 saturated heterocycles. The maximum absolute atomic E-state index is 9.60. The van der Waals surface area contributed by atoms with Gasteiger partial charge in [0.25, 0.3) is 0 Å². The van der Waals surface area contributed by atoms with E-state index >= 15 is 0 Å². The average Bonchev–Trinajstić information content (AvgIpc) is 3.71. The van der Waals surface area contributed by atoms with Crippen LogP contribution in [0.3, 0.4) is 0 Å². The fourth-order valence-corrected chi connectivity index (χ4v) is 6.97. The van der Waals surface area contributed by atoms with Gasteiger partial charge in [-0.3, -0.25) is 0 Å². The summed E-state index contributed by atoms with van der Waals surface area (Å²) in [5, 5.41) is 3.06. The number of benzene rings is 9. The number of anilines is 3. The summed E-state index contributed by atoms with van der Waals surface area (Å²) in [5.41, 5.74) is 4.68. The lowest BCUT2D eigenvalue weighted by molar-refractivity contribution is 0.673. The van der Waals surface area contributed by atoms with Gasteiger partial charge in [0.1, 0.15) is 11.2 Å². The molecule has 2 nitrogen and oxygen atoms in total. The highest BCUT2D eigenvalue weighted by molar-refractivity contribution is 6.19. The Morgan fingerprint density at radius 2 is 1.13 bits per heavy atom. The molecule has 2 heteroatoms. The lowest BCUT2D eigenvalue weighted by Crippen LogP contribution is -2.10. The first-order valence-electron chi connectivity index (χ1n) is 22.4. The van der Waals surface area contributed by atoms with Gasteiger partial charge in [0, 0.05) is 32.9 Å². The van der Waals surface area contributed by atoms with E-state index < -0.39 is 54.4 Å². The predicted octanol–water partition coefficient (Wildman–Crippen LogP) is 14.4. The fraction of sp³-hybridized carbons (Fsp3) is 0. The summed E-state index contributed by atoms with van der Waals surface area (Å²) in [7, 11) is 0. The van der Waals surface area contributed by atoms with Crippen molar-refractivity contribution in [3.63, 3.8) is 0 Å². The topological polar surface area (TPSA) is 16.4 Å². The zero-order chi connectivity index (χ0) is 44.0. The Kier molecular flexibility index (Phi) is 4.96. The van der Waals surface area contributed by atoms with E-state index in [0.717, 1.165) is 38.2 Å². The van der Waals surface area contributed by atoms with Crippen LogP contribution in [0.4, 0.5) is 17.1 Å². The summed E-state index contributed by atoms with van der Waals surface area (Å²) < 4.78 is 107. The minimum absolute atomic E-state index is 0.0358. The van der Waals surface area contributed by atoms with E-state index in [1.54, 1.807) is 30.3 Å². The third-order valence-corrected chi connectivity index (χ3v) is 9.43. The third kappa shape index (κ3) is 5.12. The smallest absolute Gasteiger partial charge is 0.143 e. The van der Waals surface area contributed by atoms with Crippen LogP contribution in [0.2, 0.25) is 0 Å². The Morgan fingerprint density at radius 3 is 2.00 bits per heavy atom.